The second kappa shape index (κ2) is 2.47. The van der Waals surface area contributed by atoms with Crippen molar-refractivity contribution >= 4 is 0 Å². The fraction of sp³-hybridized carbons (Fsp3) is 1.00. The molecule has 1 heteroatoms. The minimum Gasteiger partial charge on any atom is -0.396 e. The van der Waals surface area contributed by atoms with Gasteiger partial charge in [-0.1, -0.05) is 26.7 Å². The fourth-order valence-corrected chi connectivity index (χ4v) is 3.84. The Kier molecular flexibility index (Phi) is 1.76. The maximum Gasteiger partial charge on any atom is 0.0488 e. The smallest absolute Gasteiger partial charge is 0.0488 e. The van der Waals surface area contributed by atoms with Crippen LogP contribution in [0, 0.1) is 16.7 Å². The van der Waals surface area contributed by atoms with Gasteiger partial charge >= 0.3 is 0 Å². The van der Waals surface area contributed by atoms with Gasteiger partial charge in [0.25, 0.3) is 0 Å². The van der Waals surface area contributed by atoms with Crippen molar-refractivity contribution in [3.8, 4) is 0 Å². The van der Waals surface area contributed by atoms with E-state index in [1.807, 2.05) is 0 Å². The Morgan fingerprint density at radius 3 is 2.00 bits per heavy atom. The summed E-state index contributed by atoms with van der Waals surface area (Å²) in [4.78, 5) is 0. The molecule has 3 aliphatic carbocycles. The summed E-state index contributed by atoms with van der Waals surface area (Å²) in [7, 11) is 0. The van der Waals surface area contributed by atoms with Gasteiger partial charge in [-0.3, -0.25) is 0 Å². The lowest BCUT2D eigenvalue weighted by Gasteiger charge is -2.73. The first-order valence-electron chi connectivity index (χ1n) is 5.31. The molecule has 0 amide bonds. The zero-order valence-electron chi connectivity index (χ0n) is 8.27. The molecule has 0 aromatic rings. The zero-order chi connectivity index (χ0) is 8.82. The van der Waals surface area contributed by atoms with E-state index in [0.29, 0.717) is 17.4 Å². The van der Waals surface area contributed by atoms with Gasteiger partial charge < -0.3 is 5.11 Å². The molecule has 3 aliphatic rings. The van der Waals surface area contributed by atoms with Crippen molar-refractivity contribution < 1.29 is 5.11 Å². The van der Waals surface area contributed by atoms with E-state index in [1.165, 1.54) is 32.1 Å². The van der Waals surface area contributed by atoms with E-state index in [-0.39, 0.29) is 0 Å². The van der Waals surface area contributed by atoms with Crippen molar-refractivity contribution in [1.29, 1.82) is 0 Å². The van der Waals surface area contributed by atoms with E-state index in [4.69, 9.17) is 5.11 Å². The Morgan fingerprint density at radius 2 is 1.67 bits per heavy atom. The Bertz CT molecular complexity index is 162. The Balaban J connectivity index is 1.93. The third-order valence-electron chi connectivity index (χ3n) is 4.37. The van der Waals surface area contributed by atoms with Crippen LogP contribution in [0.5, 0.6) is 0 Å². The first-order chi connectivity index (χ1) is 5.70. The van der Waals surface area contributed by atoms with Gasteiger partial charge in [0.15, 0.2) is 0 Å². The van der Waals surface area contributed by atoms with Crippen LogP contribution in [0.15, 0.2) is 0 Å². The van der Waals surface area contributed by atoms with E-state index in [1.54, 1.807) is 0 Å². The lowest BCUT2D eigenvalue weighted by atomic mass is 9.32. The summed E-state index contributed by atoms with van der Waals surface area (Å²) in [5, 5.41) is 9.12. The van der Waals surface area contributed by atoms with Crippen LogP contribution in [0.3, 0.4) is 0 Å². The van der Waals surface area contributed by atoms with Crippen LogP contribution in [0.25, 0.3) is 0 Å². The van der Waals surface area contributed by atoms with Crippen molar-refractivity contribution in [2.24, 2.45) is 16.7 Å². The zero-order valence-corrected chi connectivity index (χ0v) is 8.27. The summed E-state index contributed by atoms with van der Waals surface area (Å²) in [6.07, 6.45) is 6.63. The van der Waals surface area contributed by atoms with Crippen LogP contribution in [0.1, 0.15) is 46.0 Å². The molecule has 0 aromatic carbocycles. The van der Waals surface area contributed by atoms with Crippen molar-refractivity contribution in [1.82, 2.24) is 0 Å². The van der Waals surface area contributed by atoms with E-state index < -0.39 is 0 Å². The normalized spacial score (nSPS) is 44.0. The van der Waals surface area contributed by atoms with Crippen molar-refractivity contribution in [2.75, 3.05) is 6.61 Å². The standard InChI is InChI=1S/C11H20O/c1-3-9(4-2)11-5-10(6-11,7-11)8-12/h9,12H,3-8H2,1-2H3. The Morgan fingerprint density at radius 1 is 1.17 bits per heavy atom. The molecular weight excluding hydrogens is 148 g/mol. The molecule has 12 heavy (non-hydrogen) atoms. The number of hydrogen-bond acceptors (Lipinski definition) is 1. The highest BCUT2D eigenvalue weighted by atomic mass is 16.3. The molecule has 0 aromatic heterocycles. The van der Waals surface area contributed by atoms with Gasteiger partial charge in [-0.2, -0.15) is 0 Å². The molecule has 0 unspecified atom stereocenters. The number of rotatable bonds is 4. The maximum atomic E-state index is 9.12. The lowest BCUT2D eigenvalue weighted by molar-refractivity contribution is -0.252. The number of aliphatic hydroxyl groups is 1. The predicted octanol–water partition coefficient (Wildman–Crippen LogP) is 2.59. The molecular formula is C11H20O. The second-order valence-corrected chi connectivity index (χ2v) is 5.06. The minimum absolute atomic E-state index is 0.405. The van der Waals surface area contributed by atoms with Gasteiger partial charge in [0, 0.05) is 6.61 Å². The molecule has 0 atom stereocenters. The number of hydrogen-bond donors (Lipinski definition) is 1. The average molecular weight is 168 g/mol. The topological polar surface area (TPSA) is 20.2 Å². The minimum atomic E-state index is 0.405. The van der Waals surface area contributed by atoms with Crippen LogP contribution in [-0.4, -0.2) is 11.7 Å². The summed E-state index contributed by atoms with van der Waals surface area (Å²) in [5.41, 5.74) is 1.09. The highest BCUT2D eigenvalue weighted by Crippen LogP contribution is 2.76. The summed E-state index contributed by atoms with van der Waals surface area (Å²) in [5.74, 6) is 0.936. The van der Waals surface area contributed by atoms with Gasteiger partial charge in [0.1, 0.15) is 0 Å². The van der Waals surface area contributed by atoms with E-state index in [2.05, 4.69) is 13.8 Å². The van der Waals surface area contributed by atoms with Crippen molar-refractivity contribution in [2.45, 2.75) is 46.0 Å². The molecule has 0 radical (unpaired) electrons. The average Bonchev–Trinajstić information content (AvgIpc) is 1.93. The van der Waals surface area contributed by atoms with Crippen molar-refractivity contribution in [3.63, 3.8) is 0 Å². The van der Waals surface area contributed by atoms with E-state index >= 15 is 0 Å². The molecule has 70 valence electrons. The van der Waals surface area contributed by atoms with Gasteiger partial charge in [0.2, 0.25) is 0 Å². The molecule has 3 saturated carbocycles. The van der Waals surface area contributed by atoms with Crippen molar-refractivity contribution in [3.05, 3.63) is 0 Å². The van der Waals surface area contributed by atoms with E-state index in [0.717, 1.165) is 5.92 Å². The quantitative estimate of drug-likeness (QED) is 0.684. The highest BCUT2D eigenvalue weighted by molar-refractivity contribution is 5.18. The molecule has 0 aliphatic heterocycles. The monoisotopic (exact) mass is 168 g/mol. The van der Waals surface area contributed by atoms with Gasteiger partial charge in [-0.05, 0) is 36.0 Å². The molecule has 1 N–H and O–H groups in total. The summed E-state index contributed by atoms with van der Waals surface area (Å²) in [6.45, 7) is 5.05. The van der Waals surface area contributed by atoms with Crippen LogP contribution < -0.4 is 0 Å². The third kappa shape index (κ3) is 0.834. The molecule has 0 saturated heterocycles. The van der Waals surface area contributed by atoms with E-state index in [9.17, 15) is 0 Å². The third-order valence-corrected chi connectivity index (χ3v) is 4.37. The summed E-state index contributed by atoms with van der Waals surface area (Å²) in [6, 6.07) is 0. The first-order valence-corrected chi connectivity index (χ1v) is 5.31. The highest BCUT2D eigenvalue weighted by Gasteiger charge is 2.68. The van der Waals surface area contributed by atoms with Crippen LogP contribution in [-0.2, 0) is 0 Å². The Labute approximate surface area is 75.2 Å². The molecule has 2 bridgehead atoms. The molecule has 0 heterocycles. The lowest BCUT2D eigenvalue weighted by Crippen LogP contribution is -2.66. The predicted molar refractivity (Wildman–Crippen MR) is 49.9 cm³/mol. The van der Waals surface area contributed by atoms with Gasteiger partial charge in [-0.15, -0.1) is 0 Å². The second-order valence-electron chi connectivity index (χ2n) is 5.06. The van der Waals surface area contributed by atoms with Crippen LogP contribution >= 0.6 is 0 Å². The van der Waals surface area contributed by atoms with Gasteiger partial charge in [-0.25, -0.2) is 0 Å². The molecule has 1 nitrogen and oxygen atoms in total. The summed E-state index contributed by atoms with van der Waals surface area (Å²) >= 11 is 0. The Hall–Kier alpha value is -0.0400. The maximum absolute atomic E-state index is 9.12. The van der Waals surface area contributed by atoms with Crippen LogP contribution in [0.2, 0.25) is 0 Å². The number of aliphatic hydroxyl groups excluding tert-OH is 1. The largest absolute Gasteiger partial charge is 0.396 e. The fourth-order valence-electron chi connectivity index (χ4n) is 3.84. The molecule has 3 fully saturated rings. The van der Waals surface area contributed by atoms with Crippen LogP contribution in [0.4, 0.5) is 0 Å². The molecule has 0 spiro atoms. The first kappa shape index (κ1) is 8.55. The van der Waals surface area contributed by atoms with Gasteiger partial charge in [0.05, 0.1) is 0 Å². The SMILES string of the molecule is CCC(CC)C12CC(CO)(C1)C2. The molecule has 3 rings (SSSR count). The summed E-state index contributed by atoms with van der Waals surface area (Å²) < 4.78 is 0.